The predicted octanol–water partition coefficient (Wildman–Crippen LogP) is 1.25. The molecule has 0 radical (unpaired) electrons. The van der Waals surface area contributed by atoms with Gasteiger partial charge in [0.2, 0.25) is 15.9 Å². The van der Waals surface area contributed by atoms with Crippen molar-refractivity contribution in [2.45, 2.75) is 29.8 Å². The van der Waals surface area contributed by atoms with Gasteiger partial charge in [-0.1, -0.05) is 41.9 Å². The third-order valence-corrected chi connectivity index (χ3v) is 5.74. The molecule has 1 heterocycles. The Labute approximate surface area is 163 Å². The van der Waals surface area contributed by atoms with E-state index in [2.05, 4.69) is 16.2 Å². The molecule has 1 amide bonds. The molecule has 3 rings (SSSR count). The van der Waals surface area contributed by atoms with E-state index >= 15 is 0 Å². The Hall–Kier alpha value is -1.97. The van der Waals surface area contributed by atoms with Gasteiger partial charge in [-0.2, -0.15) is 0 Å². The van der Waals surface area contributed by atoms with Gasteiger partial charge in [-0.3, -0.25) is 4.79 Å². The second kappa shape index (κ2) is 8.37. The molecule has 2 unspecified atom stereocenters. The number of halogens is 1. The Bertz CT molecular complexity index is 918. The number of hydrazine groups is 1. The molecule has 1 fully saturated rings. The van der Waals surface area contributed by atoms with Crippen LogP contribution in [0.15, 0.2) is 53.4 Å². The standard InChI is InChI=1S/C18H21ClN4O3S/c19-15-4-2-1-3-14(15)16-11-17(23-22-16)18(24)21-10-9-12-5-7-13(8-6-12)27(20,25)26/h1-8,16-17,22-23H,9-11H2,(H,21,24)(H2,20,25,26). The number of nitrogens with two attached hydrogens (primary N) is 1. The number of carbonyl (C=O) groups is 1. The van der Waals surface area contributed by atoms with Gasteiger partial charge in [0.05, 0.1) is 4.90 Å². The van der Waals surface area contributed by atoms with Crippen molar-refractivity contribution in [3.8, 4) is 0 Å². The zero-order chi connectivity index (χ0) is 19.4. The van der Waals surface area contributed by atoms with E-state index < -0.39 is 10.0 Å². The Morgan fingerprint density at radius 2 is 1.85 bits per heavy atom. The highest BCUT2D eigenvalue weighted by atomic mass is 35.5. The fraction of sp³-hybridized carbons (Fsp3) is 0.278. The number of hydrogen-bond acceptors (Lipinski definition) is 5. The first-order valence-corrected chi connectivity index (χ1v) is 10.4. The lowest BCUT2D eigenvalue weighted by atomic mass is 10.0. The molecule has 144 valence electrons. The second-order valence-corrected chi connectivity index (χ2v) is 8.35. The number of amides is 1. The molecule has 0 spiro atoms. The summed E-state index contributed by atoms with van der Waals surface area (Å²) in [6, 6.07) is 13.5. The van der Waals surface area contributed by atoms with Crippen LogP contribution in [0.3, 0.4) is 0 Å². The van der Waals surface area contributed by atoms with E-state index in [9.17, 15) is 13.2 Å². The molecule has 1 aliphatic rings. The fourth-order valence-electron chi connectivity index (χ4n) is 2.99. The van der Waals surface area contributed by atoms with E-state index in [1.165, 1.54) is 12.1 Å². The molecule has 27 heavy (non-hydrogen) atoms. The van der Waals surface area contributed by atoms with Crippen molar-refractivity contribution < 1.29 is 13.2 Å². The van der Waals surface area contributed by atoms with Crippen LogP contribution in [0, 0.1) is 0 Å². The lowest BCUT2D eigenvalue weighted by Gasteiger charge is -2.12. The first-order valence-electron chi connectivity index (χ1n) is 8.49. The molecule has 2 atom stereocenters. The molecule has 0 bridgehead atoms. The first-order chi connectivity index (χ1) is 12.8. The van der Waals surface area contributed by atoms with E-state index in [1.807, 2.05) is 24.3 Å². The number of benzene rings is 2. The van der Waals surface area contributed by atoms with Crippen molar-refractivity contribution in [3.05, 3.63) is 64.7 Å². The van der Waals surface area contributed by atoms with Crippen LogP contribution in [0.5, 0.6) is 0 Å². The average molecular weight is 409 g/mol. The molecule has 5 N–H and O–H groups in total. The average Bonchev–Trinajstić information content (AvgIpc) is 3.12. The van der Waals surface area contributed by atoms with Gasteiger partial charge in [0, 0.05) is 17.6 Å². The van der Waals surface area contributed by atoms with Crippen LogP contribution in [0.4, 0.5) is 0 Å². The third kappa shape index (κ3) is 5.06. The summed E-state index contributed by atoms with van der Waals surface area (Å²) in [5, 5.41) is 8.63. The largest absolute Gasteiger partial charge is 0.354 e. The third-order valence-electron chi connectivity index (χ3n) is 4.47. The summed E-state index contributed by atoms with van der Waals surface area (Å²) in [5.41, 5.74) is 7.98. The lowest BCUT2D eigenvalue weighted by Crippen LogP contribution is -2.43. The van der Waals surface area contributed by atoms with Crippen molar-refractivity contribution >= 4 is 27.5 Å². The van der Waals surface area contributed by atoms with Crippen LogP contribution < -0.4 is 21.3 Å². The van der Waals surface area contributed by atoms with Crippen LogP contribution >= 0.6 is 11.6 Å². The van der Waals surface area contributed by atoms with Gasteiger partial charge in [-0.05, 0) is 42.2 Å². The SMILES string of the molecule is NS(=O)(=O)c1ccc(CCNC(=O)C2CC(c3ccccc3Cl)NN2)cc1. The molecule has 0 aromatic heterocycles. The number of hydrogen-bond donors (Lipinski definition) is 4. The molecule has 2 aromatic carbocycles. The molecule has 0 saturated carbocycles. The van der Waals surface area contributed by atoms with E-state index in [4.69, 9.17) is 16.7 Å². The Kier molecular flexibility index (Phi) is 6.13. The highest BCUT2D eigenvalue weighted by molar-refractivity contribution is 7.89. The molecular formula is C18H21ClN4O3S. The minimum atomic E-state index is -3.69. The Morgan fingerprint density at radius 3 is 2.52 bits per heavy atom. The molecule has 9 heteroatoms. The summed E-state index contributed by atoms with van der Waals surface area (Å²) >= 11 is 6.21. The number of sulfonamides is 1. The number of nitrogens with one attached hydrogen (secondary N) is 3. The van der Waals surface area contributed by atoms with Gasteiger partial charge in [0.1, 0.15) is 6.04 Å². The number of primary sulfonamides is 1. The predicted molar refractivity (Wildman–Crippen MR) is 103 cm³/mol. The zero-order valence-electron chi connectivity index (χ0n) is 14.5. The molecule has 0 aliphatic carbocycles. The minimum Gasteiger partial charge on any atom is -0.354 e. The van der Waals surface area contributed by atoms with Crippen molar-refractivity contribution in [1.82, 2.24) is 16.2 Å². The maximum atomic E-state index is 12.3. The van der Waals surface area contributed by atoms with Crippen molar-refractivity contribution in [3.63, 3.8) is 0 Å². The topological polar surface area (TPSA) is 113 Å². The Morgan fingerprint density at radius 1 is 1.15 bits per heavy atom. The maximum Gasteiger partial charge on any atom is 0.238 e. The van der Waals surface area contributed by atoms with Crippen LogP contribution in [0.25, 0.3) is 0 Å². The lowest BCUT2D eigenvalue weighted by molar-refractivity contribution is -0.122. The smallest absolute Gasteiger partial charge is 0.238 e. The van der Waals surface area contributed by atoms with Crippen molar-refractivity contribution in [2.75, 3.05) is 6.54 Å². The second-order valence-electron chi connectivity index (χ2n) is 6.38. The van der Waals surface area contributed by atoms with Gasteiger partial charge in [-0.25, -0.2) is 24.4 Å². The van der Waals surface area contributed by atoms with Crippen LogP contribution in [-0.2, 0) is 21.2 Å². The highest BCUT2D eigenvalue weighted by Gasteiger charge is 2.30. The summed E-state index contributed by atoms with van der Waals surface area (Å²) in [5.74, 6) is -0.0989. The van der Waals surface area contributed by atoms with Crippen molar-refractivity contribution in [1.29, 1.82) is 0 Å². The summed E-state index contributed by atoms with van der Waals surface area (Å²) in [6.45, 7) is 0.447. The van der Waals surface area contributed by atoms with Crippen molar-refractivity contribution in [2.24, 2.45) is 5.14 Å². The minimum absolute atomic E-state index is 0.0276. The van der Waals surface area contributed by atoms with Crippen LogP contribution in [0.2, 0.25) is 5.02 Å². The molecule has 1 saturated heterocycles. The number of rotatable bonds is 6. The van der Waals surface area contributed by atoms with E-state index in [0.29, 0.717) is 24.4 Å². The maximum absolute atomic E-state index is 12.3. The quantitative estimate of drug-likeness (QED) is 0.574. The monoisotopic (exact) mass is 408 g/mol. The highest BCUT2D eigenvalue weighted by Crippen LogP contribution is 2.28. The normalized spacial score (nSPS) is 19.8. The van der Waals surface area contributed by atoms with Gasteiger partial charge < -0.3 is 5.32 Å². The number of carbonyl (C=O) groups excluding carboxylic acids is 1. The van der Waals surface area contributed by atoms with E-state index in [-0.39, 0.29) is 22.9 Å². The van der Waals surface area contributed by atoms with Gasteiger partial charge in [-0.15, -0.1) is 0 Å². The first kappa shape index (κ1) is 19.8. The van der Waals surface area contributed by atoms with Crippen LogP contribution in [0.1, 0.15) is 23.6 Å². The fourth-order valence-corrected chi connectivity index (χ4v) is 3.77. The van der Waals surface area contributed by atoms with E-state index in [0.717, 1.165) is 11.1 Å². The van der Waals surface area contributed by atoms with Gasteiger partial charge >= 0.3 is 0 Å². The van der Waals surface area contributed by atoms with Gasteiger partial charge in [0.25, 0.3) is 0 Å². The molecule has 7 nitrogen and oxygen atoms in total. The van der Waals surface area contributed by atoms with Gasteiger partial charge in [0.15, 0.2) is 0 Å². The summed E-state index contributed by atoms with van der Waals surface area (Å²) in [7, 11) is -3.69. The van der Waals surface area contributed by atoms with E-state index in [1.54, 1.807) is 12.1 Å². The summed E-state index contributed by atoms with van der Waals surface area (Å²) in [4.78, 5) is 12.4. The molecule has 1 aliphatic heterocycles. The Balaban J connectivity index is 1.48. The molecular weight excluding hydrogens is 388 g/mol. The summed E-state index contributed by atoms with van der Waals surface area (Å²) in [6.07, 6.45) is 1.18. The van der Waals surface area contributed by atoms with Crippen LogP contribution in [-0.4, -0.2) is 26.9 Å². The zero-order valence-corrected chi connectivity index (χ0v) is 16.1. The summed E-state index contributed by atoms with van der Waals surface area (Å²) < 4.78 is 22.5. The molecule has 2 aromatic rings.